The standard InChI is InChI=1S/C22H18ClFN6/c23-17-9-13(1-2-18(17)24)21-27-19-3-4-20(29-12-14-10-16(29)11-26-14)28-22(19)30(21)15-5-7-25-8-6-15/h1-9,14,16,26H,10-12H2. The molecule has 0 spiro atoms. The van der Waals surface area contributed by atoms with E-state index in [1.54, 1.807) is 24.5 Å². The molecule has 0 radical (unpaired) electrons. The number of aromatic nitrogens is 4. The maximum atomic E-state index is 13.8. The molecular weight excluding hydrogens is 403 g/mol. The summed E-state index contributed by atoms with van der Waals surface area (Å²) in [6.45, 7) is 1.96. The number of piperazine rings is 1. The Morgan fingerprint density at radius 3 is 2.67 bits per heavy atom. The Labute approximate surface area is 177 Å². The normalized spacial score (nSPS) is 20.4. The Morgan fingerprint density at radius 1 is 1.07 bits per heavy atom. The van der Waals surface area contributed by atoms with Crippen molar-refractivity contribution in [2.24, 2.45) is 0 Å². The van der Waals surface area contributed by atoms with Crippen molar-refractivity contribution in [2.45, 2.75) is 18.5 Å². The molecular formula is C22H18ClFN6. The van der Waals surface area contributed by atoms with Gasteiger partial charge in [0.2, 0.25) is 0 Å². The number of nitrogens with one attached hydrogen (secondary N) is 1. The van der Waals surface area contributed by atoms with Gasteiger partial charge in [-0.3, -0.25) is 9.55 Å². The molecule has 2 aliphatic heterocycles. The molecule has 2 aliphatic rings. The summed E-state index contributed by atoms with van der Waals surface area (Å²) in [5, 5.41) is 3.59. The van der Waals surface area contributed by atoms with Gasteiger partial charge in [0.25, 0.3) is 0 Å². The van der Waals surface area contributed by atoms with Crippen molar-refractivity contribution in [1.29, 1.82) is 0 Å². The molecule has 2 fully saturated rings. The van der Waals surface area contributed by atoms with E-state index in [2.05, 4.69) is 15.2 Å². The van der Waals surface area contributed by atoms with Crippen LogP contribution in [0.4, 0.5) is 10.2 Å². The van der Waals surface area contributed by atoms with E-state index in [0.29, 0.717) is 17.9 Å². The monoisotopic (exact) mass is 420 g/mol. The fourth-order valence-electron chi connectivity index (χ4n) is 4.52. The van der Waals surface area contributed by atoms with Crippen LogP contribution in [0, 0.1) is 5.82 Å². The first-order valence-corrected chi connectivity index (χ1v) is 10.3. The van der Waals surface area contributed by atoms with E-state index in [4.69, 9.17) is 21.6 Å². The zero-order valence-electron chi connectivity index (χ0n) is 16.0. The first-order chi connectivity index (χ1) is 14.7. The molecule has 8 heteroatoms. The van der Waals surface area contributed by atoms with Crippen LogP contribution in [0.5, 0.6) is 0 Å². The van der Waals surface area contributed by atoms with Crippen molar-refractivity contribution in [3.63, 3.8) is 0 Å². The van der Waals surface area contributed by atoms with Crippen molar-refractivity contribution < 1.29 is 4.39 Å². The van der Waals surface area contributed by atoms with Crippen LogP contribution in [0.25, 0.3) is 28.2 Å². The third-order valence-electron chi connectivity index (χ3n) is 5.94. The number of hydrogen-bond donors (Lipinski definition) is 1. The number of hydrogen-bond acceptors (Lipinski definition) is 5. The Bertz CT molecular complexity index is 1260. The maximum Gasteiger partial charge on any atom is 0.167 e. The Balaban J connectivity index is 1.56. The van der Waals surface area contributed by atoms with Crippen molar-refractivity contribution >= 4 is 28.6 Å². The first kappa shape index (κ1) is 17.8. The highest BCUT2D eigenvalue weighted by Crippen LogP contribution is 2.33. The van der Waals surface area contributed by atoms with E-state index < -0.39 is 5.82 Å². The van der Waals surface area contributed by atoms with Gasteiger partial charge in [-0.2, -0.15) is 0 Å². The SMILES string of the molecule is Fc1ccc(-c2nc3ccc(N4CC5CC4CN5)nc3n2-c2ccncc2)cc1Cl. The van der Waals surface area contributed by atoms with Crippen LogP contribution >= 0.6 is 11.6 Å². The topological polar surface area (TPSA) is 58.9 Å². The van der Waals surface area contributed by atoms with Gasteiger partial charge in [-0.1, -0.05) is 11.6 Å². The predicted octanol–water partition coefficient (Wildman–Crippen LogP) is 3.83. The lowest BCUT2D eigenvalue weighted by Gasteiger charge is -2.28. The lowest BCUT2D eigenvalue weighted by Crippen LogP contribution is -2.44. The Morgan fingerprint density at radius 2 is 1.93 bits per heavy atom. The molecule has 2 atom stereocenters. The van der Waals surface area contributed by atoms with Crippen molar-refractivity contribution in [3.05, 3.63) is 65.7 Å². The minimum Gasteiger partial charge on any atom is -0.351 e. The van der Waals surface area contributed by atoms with Gasteiger partial charge >= 0.3 is 0 Å². The third kappa shape index (κ3) is 2.77. The number of nitrogens with zero attached hydrogens (tertiary/aromatic N) is 5. The number of imidazole rings is 1. The zero-order chi connectivity index (χ0) is 20.2. The molecule has 2 saturated heterocycles. The zero-order valence-corrected chi connectivity index (χ0v) is 16.7. The fraction of sp³-hybridized carbons (Fsp3) is 0.227. The summed E-state index contributed by atoms with van der Waals surface area (Å²) in [7, 11) is 0. The number of pyridine rings is 2. The highest BCUT2D eigenvalue weighted by molar-refractivity contribution is 6.31. The van der Waals surface area contributed by atoms with E-state index >= 15 is 0 Å². The number of fused-ring (bicyclic) bond motifs is 3. The Hall–Kier alpha value is -3.03. The second-order valence-corrected chi connectivity index (χ2v) is 8.17. The van der Waals surface area contributed by atoms with Crippen LogP contribution in [-0.4, -0.2) is 44.7 Å². The van der Waals surface area contributed by atoms with Crippen LogP contribution in [0.1, 0.15) is 6.42 Å². The van der Waals surface area contributed by atoms with E-state index in [1.165, 1.54) is 6.07 Å². The highest BCUT2D eigenvalue weighted by Gasteiger charge is 2.38. The summed E-state index contributed by atoms with van der Waals surface area (Å²) in [6, 6.07) is 13.5. The van der Waals surface area contributed by atoms with Gasteiger partial charge in [0, 0.05) is 43.1 Å². The van der Waals surface area contributed by atoms with E-state index in [0.717, 1.165) is 47.7 Å². The lowest BCUT2D eigenvalue weighted by molar-refractivity contribution is 0.577. The molecule has 0 aliphatic carbocycles. The molecule has 4 aromatic rings. The number of rotatable bonds is 3. The lowest BCUT2D eigenvalue weighted by atomic mass is 10.2. The van der Waals surface area contributed by atoms with E-state index in [1.807, 2.05) is 28.8 Å². The first-order valence-electron chi connectivity index (χ1n) is 9.93. The van der Waals surface area contributed by atoms with Crippen molar-refractivity contribution in [3.8, 4) is 17.1 Å². The summed E-state index contributed by atoms with van der Waals surface area (Å²) >= 11 is 6.06. The summed E-state index contributed by atoms with van der Waals surface area (Å²) in [5.74, 6) is 1.16. The minimum absolute atomic E-state index is 0.0649. The van der Waals surface area contributed by atoms with Gasteiger partial charge in [0.1, 0.15) is 23.0 Å². The van der Waals surface area contributed by atoms with Crippen LogP contribution in [0.15, 0.2) is 54.9 Å². The molecule has 3 aromatic heterocycles. The summed E-state index contributed by atoms with van der Waals surface area (Å²) in [6.07, 6.45) is 4.62. The molecule has 0 amide bonds. The molecule has 5 heterocycles. The number of benzene rings is 1. The van der Waals surface area contributed by atoms with Crippen LogP contribution in [-0.2, 0) is 0 Å². The second-order valence-electron chi connectivity index (χ2n) is 7.76. The second kappa shape index (κ2) is 6.75. The smallest absolute Gasteiger partial charge is 0.167 e. The molecule has 6 nitrogen and oxygen atoms in total. The largest absolute Gasteiger partial charge is 0.351 e. The minimum atomic E-state index is -0.454. The molecule has 2 unspecified atom stereocenters. The third-order valence-corrected chi connectivity index (χ3v) is 6.23. The Kier molecular flexibility index (Phi) is 4.01. The summed E-state index contributed by atoms with van der Waals surface area (Å²) in [5.41, 5.74) is 3.14. The average molecular weight is 421 g/mol. The maximum absolute atomic E-state index is 13.8. The predicted molar refractivity (Wildman–Crippen MR) is 115 cm³/mol. The van der Waals surface area contributed by atoms with Crippen molar-refractivity contribution in [1.82, 2.24) is 24.8 Å². The van der Waals surface area contributed by atoms with Gasteiger partial charge in [0.15, 0.2) is 5.65 Å². The molecule has 0 saturated carbocycles. The molecule has 6 rings (SSSR count). The van der Waals surface area contributed by atoms with Crippen molar-refractivity contribution in [2.75, 3.05) is 18.0 Å². The molecule has 1 aromatic carbocycles. The van der Waals surface area contributed by atoms with Crippen LogP contribution in [0.3, 0.4) is 0 Å². The van der Waals surface area contributed by atoms with E-state index in [9.17, 15) is 4.39 Å². The van der Waals surface area contributed by atoms with Gasteiger partial charge in [-0.05, 0) is 48.9 Å². The van der Waals surface area contributed by atoms with Gasteiger partial charge in [-0.25, -0.2) is 14.4 Å². The van der Waals surface area contributed by atoms with Crippen LogP contribution in [0.2, 0.25) is 5.02 Å². The summed E-state index contributed by atoms with van der Waals surface area (Å²) < 4.78 is 15.7. The summed E-state index contributed by atoms with van der Waals surface area (Å²) in [4.78, 5) is 16.3. The van der Waals surface area contributed by atoms with Gasteiger partial charge in [-0.15, -0.1) is 0 Å². The average Bonchev–Trinajstić information content (AvgIpc) is 3.49. The highest BCUT2D eigenvalue weighted by atomic mass is 35.5. The number of halogens is 2. The fourth-order valence-corrected chi connectivity index (χ4v) is 4.70. The number of anilines is 1. The quantitative estimate of drug-likeness (QED) is 0.546. The molecule has 30 heavy (non-hydrogen) atoms. The molecule has 1 N–H and O–H groups in total. The van der Waals surface area contributed by atoms with Gasteiger partial charge < -0.3 is 10.2 Å². The van der Waals surface area contributed by atoms with Crippen LogP contribution < -0.4 is 10.2 Å². The van der Waals surface area contributed by atoms with Gasteiger partial charge in [0.05, 0.1) is 10.7 Å². The molecule has 150 valence electrons. The molecule has 2 bridgehead atoms. The van der Waals surface area contributed by atoms with E-state index in [-0.39, 0.29) is 5.02 Å².